The molecule has 1 heterocycles. The first kappa shape index (κ1) is 13.2. The van der Waals surface area contributed by atoms with E-state index >= 15 is 0 Å². The van der Waals surface area contributed by atoms with Crippen LogP contribution in [0.3, 0.4) is 0 Å². The number of halogens is 2. The highest BCUT2D eigenvalue weighted by Crippen LogP contribution is 2.30. The molecule has 0 aliphatic rings. The second-order valence-electron chi connectivity index (χ2n) is 4.31. The highest BCUT2D eigenvalue weighted by molar-refractivity contribution is 9.10. The lowest BCUT2D eigenvalue weighted by atomic mass is 10.1. The summed E-state index contributed by atoms with van der Waals surface area (Å²) in [7, 11) is 0. The Bertz CT molecular complexity index is 792. The summed E-state index contributed by atoms with van der Waals surface area (Å²) in [6.07, 6.45) is 1.51. The van der Waals surface area contributed by atoms with Gasteiger partial charge in [0.25, 0.3) is 0 Å². The van der Waals surface area contributed by atoms with Crippen molar-refractivity contribution in [1.82, 2.24) is 4.98 Å². The lowest BCUT2D eigenvalue weighted by Crippen LogP contribution is -1.92. The molecule has 0 saturated carbocycles. The minimum Gasteiger partial charge on any atom is -0.438 e. The SMILES string of the molecule is Nc1cnc(Oc2ccc3cc(Br)ccc3c2)c(Cl)c1. The maximum atomic E-state index is 6.04. The van der Waals surface area contributed by atoms with Crippen LogP contribution in [0.25, 0.3) is 10.8 Å². The van der Waals surface area contributed by atoms with Gasteiger partial charge in [0, 0.05) is 4.47 Å². The zero-order chi connectivity index (χ0) is 14.1. The first-order chi connectivity index (χ1) is 9.61. The van der Waals surface area contributed by atoms with Gasteiger partial charge in [-0.15, -0.1) is 0 Å². The summed E-state index contributed by atoms with van der Waals surface area (Å²) < 4.78 is 6.74. The summed E-state index contributed by atoms with van der Waals surface area (Å²) in [6, 6.07) is 13.5. The molecule has 3 nitrogen and oxygen atoms in total. The largest absolute Gasteiger partial charge is 0.438 e. The van der Waals surface area contributed by atoms with Gasteiger partial charge in [-0.1, -0.05) is 39.7 Å². The standard InChI is InChI=1S/C15H10BrClN2O/c16-11-3-1-10-6-13(4-2-9(10)5-11)20-15-14(17)7-12(18)8-19-15/h1-8H,18H2. The molecule has 0 radical (unpaired) electrons. The van der Waals surface area contributed by atoms with E-state index in [4.69, 9.17) is 22.1 Å². The lowest BCUT2D eigenvalue weighted by Gasteiger charge is -2.08. The Morgan fingerprint density at radius 2 is 1.80 bits per heavy atom. The van der Waals surface area contributed by atoms with Crippen molar-refractivity contribution in [3.8, 4) is 11.6 Å². The van der Waals surface area contributed by atoms with Crippen LogP contribution in [0.1, 0.15) is 0 Å². The normalized spacial score (nSPS) is 10.7. The third kappa shape index (κ3) is 2.71. The summed E-state index contributed by atoms with van der Waals surface area (Å²) in [5, 5.41) is 2.60. The second kappa shape index (κ2) is 5.31. The van der Waals surface area contributed by atoms with Crippen molar-refractivity contribution in [3.05, 3.63) is 58.2 Å². The van der Waals surface area contributed by atoms with Gasteiger partial charge in [0.05, 0.1) is 11.9 Å². The van der Waals surface area contributed by atoms with E-state index in [1.165, 1.54) is 6.20 Å². The molecule has 0 fully saturated rings. The fourth-order valence-electron chi connectivity index (χ4n) is 1.89. The molecule has 0 spiro atoms. The van der Waals surface area contributed by atoms with Gasteiger partial charge in [0.2, 0.25) is 5.88 Å². The molecule has 0 aliphatic heterocycles. The van der Waals surface area contributed by atoms with Crippen LogP contribution in [0.5, 0.6) is 11.6 Å². The van der Waals surface area contributed by atoms with Gasteiger partial charge in [-0.2, -0.15) is 0 Å². The van der Waals surface area contributed by atoms with Crippen LogP contribution in [-0.2, 0) is 0 Å². The molecule has 0 saturated heterocycles. The van der Waals surface area contributed by atoms with Crippen molar-refractivity contribution in [2.24, 2.45) is 0 Å². The Morgan fingerprint density at radius 3 is 2.60 bits per heavy atom. The molecule has 0 atom stereocenters. The van der Waals surface area contributed by atoms with Gasteiger partial charge in [0.1, 0.15) is 10.8 Å². The quantitative estimate of drug-likeness (QED) is 0.706. The molecule has 3 rings (SSSR count). The molecular formula is C15H10BrClN2O. The number of fused-ring (bicyclic) bond motifs is 1. The number of rotatable bonds is 2. The summed E-state index contributed by atoms with van der Waals surface area (Å²) in [6.45, 7) is 0. The molecule has 5 heteroatoms. The number of anilines is 1. The average Bonchev–Trinajstić information content (AvgIpc) is 2.42. The van der Waals surface area contributed by atoms with Crippen molar-refractivity contribution in [3.63, 3.8) is 0 Å². The van der Waals surface area contributed by atoms with E-state index in [1.54, 1.807) is 6.07 Å². The third-order valence-corrected chi connectivity index (χ3v) is 3.58. The average molecular weight is 350 g/mol. The molecule has 0 aliphatic carbocycles. The van der Waals surface area contributed by atoms with Crippen LogP contribution >= 0.6 is 27.5 Å². The Hall–Kier alpha value is -1.78. The van der Waals surface area contributed by atoms with Gasteiger partial charge >= 0.3 is 0 Å². The molecule has 1 aromatic heterocycles. The number of hydrogen-bond donors (Lipinski definition) is 1. The van der Waals surface area contributed by atoms with Crippen LogP contribution < -0.4 is 10.5 Å². The second-order valence-corrected chi connectivity index (χ2v) is 5.63. The van der Waals surface area contributed by atoms with E-state index in [2.05, 4.69) is 20.9 Å². The zero-order valence-corrected chi connectivity index (χ0v) is 12.6. The minimum atomic E-state index is 0.345. The van der Waals surface area contributed by atoms with E-state index in [9.17, 15) is 0 Å². The molecule has 0 amide bonds. The number of benzene rings is 2. The maximum absolute atomic E-state index is 6.04. The fourth-order valence-corrected chi connectivity index (χ4v) is 2.48. The number of hydrogen-bond acceptors (Lipinski definition) is 3. The summed E-state index contributed by atoms with van der Waals surface area (Å²) in [5.41, 5.74) is 6.11. The van der Waals surface area contributed by atoms with Crippen LogP contribution in [0.15, 0.2) is 53.1 Å². The molecule has 2 N–H and O–H groups in total. The highest BCUT2D eigenvalue weighted by Gasteiger charge is 2.06. The fraction of sp³-hybridized carbons (Fsp3) is 0. The molecule has 2 aromatic carbocycles. The number of pyridine rings is 1. The topological polar surface area (TPSA) is 48.1 Å². The van der Waals surface area contributed by atoms with E-state index in [0.717, 1.165) is 15.2 Å². The van der Waals surface area contributed by atoms with Gasteiger partial charge in [-0.05, 0) is 41.1 Å². The molecular weight excluding hydrogens is 340 g/mol. The number of nitrogens with two attached hydrogens (primary N) is 1. The van der Waals surface area contributed by atoms with Crippen molar-refractivity contribution >= 4 is 44.0 Å². The van der Waals surface area contributed by atoms with E-state index in [0.29, 0.717) is 22.3 Å². The third-order valence-electron chi connectivity index (χ3n) is 2.82. The van der Waals surface area contributed by atoms with Crippen molar-refractivity contribution < 1.29 is 4.74 Å². The first-order valence-electron chi connectivity index (χ1n) is 5.90. The number of aromatic nitrogens is 1. The summed E-state index contributed by atoms with van der Waals surface area (Å²) in [4.78, 5) is 4.08. The van der Waals surface area contributed by atoms with Gasteiger partial charge in [-0.25, -0.2) is 4.98 Å². The number of nitrogen functional groups attached to an aromatic ring is 1. The van der Waals surface area contributed by atoms with Crippen LogP contribution in [0.4, 0.5) is 5.69 Å². The molecule has 100 valence electrons. The highest BCUT2D eigenvalue weighted by atomic mass is 79.9. The van der Waals surface area contributed by atoms with E-state index in [1.807, 2.05) is 36.4 Å². The zero-order valence-electron chi connectivity index (χ0n) is 10.3. The molecule has 0 unspecified atom stereocenters. The van der Waals surface area contributed by atoms with Crippen molar-refractivity contribution in [1.29, 1.82) is 0 Å². The van der Waals surface area contributed by atoms with Crippen molar-refractivity contribution in [2.45, 2.75) is 0 Å². The molecule has 0 bridgehead atoms. The minimum absolute atomic E-state index is 0.345. The van der Waals surface area contributed by atoms with Gasteiger partial charge < -0.3 is 10.5 Å². The van der Waals surface area contributed by atoms with Crippen LogP contribution in [-0.4, -0.2) is 4.98 Å². The Kier molecular flexibility index (Phi) is 3.51. The van der Waals surface area contributed by atoms with Crippen LogP contribution in [0, 0.1) is 0 Å². The van der Waals surface area contributed by atoms with Gasteiger partial charge in [0.15, 0.2) is 0 Å². The predicted molar refractivity (Wildman–Crippen MR) is 85.4 cm³/mol. The van der Waals surface area contributed by atoms with E-state index in [-0.39, 0.29) is 0 Å². The van der Waals surface area contributed by atoms with E-state index < -0.39 is 0 Å². The van der Waals surface area contributed by atoms with Crippen LogP contribution in [0.2, 0.25) is 5.02 Å². The number of nitrogens with zero attached hydrogens (tertiary/aromatic N) is 1. The summed E-state index contributed by atoms with van der Waals surface area (Å²) >= 11 is 9.50. The Labute approximate surface area is 129 Å². The predicted octanol–water partition coefficient (Wildman–Crippen LogP) is 5.03. The number of ether oxygens (including phenoxy) is 1. The molecule has 3 aromatic rings. The maximum Gasteiger partial charge on any atom is 0.238 e. The van der Waals surface area contributed by atoms with Crippen molar-refractivity contribution in [2.75, 3.05) is 5.73 Å². The smallest absolute Gasteiger partial charge is 0.238 e. The summed E-state index contributed by atoms with van der Waals surface area (Å²) in [5.74, 6) is 1.02. The first-order valence-corrected chi connectivity index (χ1v) is 7.07. The molecule has 20 heavy (non-hydrogen) atoms. The Morgan fingerprint density at radius 1 is 1.05 bits per heavy atom. The van der Waals surface area contributed by atoms with Gasteiger partial charge in [-0.3, -0.25) is 0 Å². The Balaban J connectivity index is 1.96. The lowest BCUT2D eigenvalue weighted by molar-refractivity contribution is 0.464. The monoisotopic (exact) mass is 348 g/mol.